The lowest BCUT2D eigenvalue weighted by Gasteiger charge is -2.12. The summed E-state index contributed by atoms with van der Waals surface area (Å²) in [7, 11) is 0. The van der Waals surface area contributed by atoms with Gasteiger partial charge in [0.2, 0.25) is 11.8 Å². The van der Waals surface area contributed by atoms with Crippen LogP contribution in [0.25, 0.3) is 0 Å². The molecule has 2 rings (SSSR count). The number of hydrogen-bond acceptors (Lipinski definition) is 8. The number of carbonyl (C=O) groups is 2. The molecule has 2 aromatic heterocycles. The molecular weight excluding hydrogens is 316 g/mol. The lowest BCUT2D eigenvalue weighted by molar-refractivity contribution is 0.100. The Morgan fingerprint density at radius 3 is 1.42 bits per heavy atom. The Bertz CT molecular complexity index is 861. The van der Waals surface area contributed by atoms with Crippen molar-refractivity contribution in [2.75, 3.05) is 10.9 Å². The molecule has 0 aliphatic rings. The second-order valence-electron chi connectivity index (χ2n) is 5.21. The van der Waals surface area contributed by atoms with Gasteiger partial charge in [-0.15, -0.1) is 0 Å². The van der Waals surface area contributed by atoms with Gasteiger partial charge in [-0.2, -0.15) is 0 Å². The predicted octanol–water partition coefficient (Wildman–Crippen LogP) is 2.05. The summed E-state index contributed by atoms with van der Waals surface area (Å²) in [6.45, 7) is 5.54. The van der Waals surface area contributed by atoms with E-state index in [0.29, 0.717) is 0 Å². The molecule has 2 N–H and O–H groups in total. The molecule has 0 fully saturated rings. The van der Waals surface area contributed by atoms with E-state index in [1.165, 1.54) is 26.0 Å². The fourth-order valence-electron chi connectivity index (χ4n) is 2.18. The zero-order valence-corrected chi connectivity index (χ0v) is 13.6. The zero-order valence-electron chi connectivity index (χ0n) is 13.6. The summed E-state index contributed by atoms with van der Waals surface area (Å²) in [5.74, 6) is -0.688. The van der Waals surface area contributed by atoms with E-state index in [4.69, 9.17) is 8.83 Å². The van der Waals surface area contributed by atoms with Crippen LogP contribution < -0.4 is 21.7 Å². The second kappa shape index (κ2) is 6.53. The number of anilines is 2. The highest BCUT2D eigenvalue weighted by atomic mass is 16.4. The highest BCUT2D eigenvalue weighted by molar-refractivity contribution is 5.99. The van der Waals surface area contributed by atoms with Crippen molar-refractivity contribution < 1.29 is 18.4 Å². The number of ketones is 2. The van der Waals surface area contributed by atoms with E-state index in [2.05, 4.69) is 10.9 Å². The summed E-state index contributed by atoms with van der Waals surface area (Å²) in [6.07, 6.45) is 0. The molecule has 2 aromatic rings. The number of nitrogens with one attached hydrogen (secondary N) is 2. The first-order chi connectivity index (χ1) is 11.2. The lowest BCUT2D eigenvalue weighted by atomic mass is 10.2. The van der Waals surface area contributed by atoms with Crippen molar-refractivity contribution in [3.63, 3.8) is 0 Å². The van der Waals surface area contributed by atoms with Gasteiger partial charge in [0.25, 0.3) is 0 Å². The normalized spacial score (nSPS) is 10.3. The highest BCUT2D eigenvalue weighted by Crippen LogP contribution is 2.18. The summed E-state index contributed by atoms with van der Waals surface area (Å²) >= 11 is 0. The van der Waals surface area contributed by atoms with Crippen LogP contribution in [-0.4, -0.2) is 11.6 Å². The third kappa shape index (κ3) is 3.43. The molecule has 0 radical (unpaired) electrons. The number of aryl methyl sites for hydroxylation is 2. The quantitative estimate of drug-likeness (QED) is 0.631. The molecule has 126 valence electrons. The average molecular weight is 332 g/mol. The van der Waals surface area contributed by atoms with Gasteiger partial charge in [0, 0.05) is 12.1 Å². The number of Topliss-reactive ketones (excluding diaryl/α,β-unsaturated/α-hetero) is 2. The van der Waals surface area contributed by atoms with Crippen LogP contribution in [0.5, 0.6) is 0 Å². The van der Waals surface area contributed by atoms with Gasteiger partial charge in [0.1, 0.15) is 22.6 Å². The first kappa shape index (κ1) is 17.2. The molecule has 8 heteroatoms. The smallest absolute Gasteiger partial charge is 0.226 e. The van der Waals surface area contributed by atoms with Gasteiger partial charge in [0.05, 0.1) is 0 Å². The first-order valence-electron chi connectivity index (χ1n) is 7.04. The molecule has 8 nitrogen and oxygen atoms in total. The van der Waals surface area contributed by atoms with Gasteiger partial charge < -0.3 is 8.83 Å². The summed E-state index contributed by atoms with van der Waals surface area (Å²) in [5.41, 5.74) is 3.65. The van der Waals surface area contributed by atoms with Crippen molar-refractivity contribution >= 4 is 23.3 Å². The minimum Gasteiger partial charge on any atom is -0.443 e. The van der Waals surface area contributed by atoms with Crippen LogP contribution in [0.15, 0.2) is 30.6 Å². The van der Waals surface area contributed by atoms with Crippen LogP contribution in [0.3, 0.4) is 0 Å². The van der Waals surface area contributed by atoms with E-state index < -0.39 is 22.4 Å². The van der Waals surface area contributed by atoms with Gasteiger partial charge in [-0.1, -0.05) is 0 Å². The molecule has 0 atom stereocenters. The zero-order chi connectivity index (χ0) is 18.0. The highest BCUT2D eigenvalue weighted by Gasteiger charge is 2.18. The molecule has 0 aliphatic carbocycles. The molecular formula is C16H16N2O6. The SMILES string of the molecule is CC(=O)c1c(NNc2oc(C)cc(=O)c2C(C)=O)oc(C)cc1=O. The minimum atomic E-state index is -0.506. The molecule has 0 unspecified atom stereocenters. The van der Waals surface area contributed by atoms with Crippen LogP contribution in [0, 0.1) is 13.8 Å². The first-order valence-corrected chi connectivity index (χ1v) is 7.04. The Kier molecular flexibility index (Phi) is 4.68. The Hall–Kier alpha value is -3.16. The lowest BCUT2D eigenvalue weighted by Crippen LogP contribution is -2.22. The van der Waals surface area contributed by atoms with Crippen molar-refractivity contribution in [2.45, 2.75) is 27.7 Å². The third-order valence-electron chi connectivity index (χ3n) is 3.14. The maximum atomic E-state index is 11.9. The van der Waals surface area contributed by atoms with Crippen molar-refractivity contribution in [1.29, 1.82) is 0 Å². The maximum absolute atomic E-state index is 11.9. The topological polar surface area (TPSA) is 119 Å². The van der Waals surface area contributed by atoms with Gasteiger partial charge in [-0.3, -0.25) is 30.0 Å². The van der Waals surface area contributed by atoms with E-state index in [1.807, 2.05) is 0 Å². The van der Waals surface area contributed by atoms with Crippen molar-refractivity contribution in [2.24, 2.45) is 0 Å². The fraction of sp³-hybridized carbons (Fsp3) is 0.250. The van der Waals surface area contributed by atoms with Crippen LogP contribution in [0.1, 0.15) is 46.1 Å². The number of hydrazine groups is 1. The largest absolute Gasteiger partial charge is 0.443 e. The summed E-state index contributed by atoms with van der Waals surface area (Å²) < 4.78 is 10.7. The Labute approximate surface area is 136 Å². The Morgan fingerprint density at radius 1 is 0.792 bits per heavy atom. The van der Waals surface area contributed by atoms with Crippen molar-refractivity contribution in [3.8, 4) is 0 Å². The average Bonchev–Trinajstić information content (AvgIpc) is 2.42. The molecule has 0 amide bonds. The van der Waals surface area contributed by atoms with E-state index in [9.17, 15) is 19.2 Å². The maximum Gasteiger partial charge on any atom is 0.226 e. The molecule has 0 saturated heterocycles. The minimum absolute atomic E-state index is 0.133. The number of rotatable bonds is 5. The van der Waals surface area contributed by atoms with Crippen LogP contribution in [0.4, 0.5) is 11.8 Å². The molecule has 24 heavy (non-hydrogen) atoms. The van der Waals surface area contributed by atoms with E-state index in [0.717, 1.165) is 0 Å². The van der Waals surface area contributed by atoms with Crippen LogP contribution >= 0.6 is 0 Å². The Balaban J connectivity index is 2.46. The predicted molar refractivity (Wildman–Crippen MR) is 86.7 cm³/mol. The van der Waals surface area contributed by atoms with Gasteiger partial charge >= 0.3 is 0 Å². The van der Waals surface area contributed by atoms with Gasteiger partial charge in [-0.05, 0) is 27.7 Å². The molecule has 0 aromatic carbocycles. The molecule has 0 aliphatic heterocycles. The summed E-state index contributed by atoms with van der Waals surface area (Å²) in [5, 5.41) is 0. The van der Waals surface area contributed by atoms with Gasteiger partial charge in [-0.25, -0.2) is 0 Å². The molecule has 2 heterocycles. The van der Waals surface area contributed by atoms with Crippen molar-refractivity contribution in [1.82, 2.24) is 0 Å². The Morgan fingerprint density at radius 2 is 1.12 bits per heavy atom. The number of carbonyl (C=O) groups excluding carboxylic acids is 2. The molecule has 0 saturated carbocycles. The summed E-state index contributed by atoms with van der Waals surface area (Å²) in [4.78, 5) is 47.1. The number of hydrogen-bond donors (Lipinski definition) is 2. The van der Waals surface area contributed by atoms with Gasteiger partial charge in [0.15, 0.2) is 22.4 Å². The summed E-state index contributed by atoms with van der Waals surface area (Å²) in [6, 6.07) is 2.38. The monoisotopic (exact) mass is 332 g/mol. The van der Waals surface area contributed by atoms with Crippen LogP contribution in [0.2, 0.25) is 0 Å². The standard InChI is InChI=1S/C16H16N2O6/c1-7-5-11(21)13(9(3)19)15(23-7)17-18-16-14(10(4)20)12(22)6-8(2)24-16/h5-6,17-18H,1-4H3. The fourth-order valence-corrected chi connectivity index (χ4v) is 2.18. The third-order valence-corrected chi connectivity index (χ3v) is 3.14. The van der Waals surface area contributed by atoms with E-state index >= 15 is 0 Å². The molecule has 0 bridgehead atoms. The van der Waals surface area contributed by atoms with E-state index in [1.54, 1.807) is 13.8 Å². The van der Waals surface area contributed by atoms with E-state index in [-0.39, 0.29) is 34.4 Å². The van der Waals surface area contributed by atoms with Crippen LogP contribution in [-0.2, 0) is 0 Å². The molecule has 0 spiro atoms. The second-order valence-corrected chi connectivity index (χ2v) is 5.21. The van der Waals surface area contributed by atoms with Crippen molar-refractivity contribution in [3.05, 3.63) is 55.2 Å².